The summed E-state index contributed by atoms with van der Waals surface area (Å²) in [5.74, 6) is 0.460. The van der Waals surface area contributed by atoms with E-state index in [4.69, 9.17) is 10.5 Å². The van der Waals surface area contributed by atoms with Crippen molar-refractivity contribution in [2.45, 2.75) is 26.9 Å². The minimum absolute atomic E-state index is 0.0321. The molecule has 0 aliphatic carbocycles. The summed E-state index contributed by atoms with van der Waals surface area (Å²) in [7, 11) is 0. The average Bonchev–Trinajstić information content (AvgIpc) is 2.32. The van der Waals surface area contributed by atoms with Crippen molar-refractivity contribution >= 4 is 33.5 Å². The molecule has 3 N–H and O–H groups in total. The number of aryl methyl sites for hydroxylation is 1. The number of ether oxygens (including phenoxy) is 1. The average molecular weight is 338 g/mol. The predicted octanol–water partition coefficient (Wildman–Crippen LogP) is 3.06. The Morgan fingerprint density at radius 2 is 2.00 bits per heavy atom. The Morgan fingerprint density at radius 3 is 2.70 bits per heavy atom. The molecule has 1 heterocycles. The molecule has 1 aromatic heterocycles. The van der Waals surface area contributed by atoms with E-state index in [0.717, 1.165) is 15.7 Å². The van der Waals surface area contributed by atoms with E-state index in [1.807, 2.05) is 39.0 Å². The van der Waals surface area contributed by atoms with Gasteiger partial charge in [-0.05, 0) is 54.4 Å². The Hall–Kier alpha value is -1.89. The van der Waals surface area contributed by atoms with Crippen LogP contribution in [0.1, 0.15) is 19.4 Å². The van der Waals surface area contributed by atoms with Gasteiger partial charge in [-0.25, -0.2) is 0 Å². The van der Waals surface area contributed by atoms with Crippen molar-refractivity contribution in [3.63, 3.8) is 0 Å². The maximum Gasteiger partial charge on any atom is 0.323 e. The lowest BCUT2D eigenvalue weighted by molar-refractivity contribution is 0.222. The highest BCUT2D eigenvalue weighted by Gasteiger charge is 2.09. The van der Waals surface area contributed by atoms with Gasteiger partial charge < -0.3 is 15.8 Å². The second-order valence-electron chi connectivity index (χ2n) is 4.57. The number of nitrogens with two attached hydrogens (primary N) is 1. The summed E-state index contributed by atoms with van der Waals surface area (Å²) >= 11 is 3.47. The number of nitrogens with one attached hydrogen (secondary N) is 1. The monoisotopic (exact) mass is 337 g/mol. The lowest BCUT2D eigenvalue weighted by Crippen LogP contribution is -2.11. The Morgan fingerprint density at radius 1 is 1.25 bits per heavy atom. The molecule has 0 radical (unpaired) electrons. The van der Waals surface area contributed by atoms with Gasteiger partial charge in [0.2, 0.25) is 11.9 Å². The molecule has 0 bridgehead atoms. The Bertz CT molecular complexity index is 618. The molecule has 6 nitrogen and oxygen atoms in total. The first kappa shape index (κ1) is 14.5. The quantitative estimate of drug-likeness (QED) is 0.891. The highest BCUT2D eigenvalue weighted by Crippen LogP contribution is 2.26. The summed E-state index contributed by atoms with van der Waals surface area (Å²) in [6, 6.07) is 6.14. The highest BCUT2D eigenvalue weighted by molar-refractivity contribution is 9.10. The molecule has 0 amide bonds. The zero-order valence-corrected chi connectivity index (χ0v) is 13.1. The second-order valence-corrected chi connectivity index (χ2v) is 5.43. The normalized spacial score (nSPS) is 10.7. The van der Waals surface area contributed by atoms with Crippen LogP contribution in [0.15, 0.2) is 22.7 Å². The van der Waals surface area contributed by atoms with Gasteiger partial charge in [-0.1, -0.05) is 6.07 Å². The van der Waals surface area contributed by atoms with Crippen molar-refractivity contribution < 1.29 is 4.74 Å². The SMILES string of the molecule is Cc1ccc(Br)c(Nc2nc(N)nc(OC(C)C)n2)c1. The molecular formula is C13H16BrN5O. The molecule has 0 aliphatic rings. The summed E-state index contributed by atoms with van der Waals surface area (Å²) in [4.78, 5) is 12.2. The third-order valence-corrected chi connectivity index (χ3v) is 3.03. The molecule has 7 heteroatoms. The topological polar surface area (TPSA) is 86.0 Å². The number of hydrogen-bond donors (Lipinski definition) is 2. The molecule has 20 heavy (non-hydrogen) atoms. The molecule has 0 atom stereocenters. The van der Waals surface area contributed by atoms with E-state index in [1.54, 1.807) is 0 Å². The number of halogens is 1. The van der Waals surface area contributed by atoms with Gasteiger partial charge in [0, 0.05) is 4.47 Å². The van der Waals surface area contributed by atoms with E-state index in [9.17, 15) is 0 Å². The number of rotatable bonds is 4. The van der Waals surface area contributed by atoms with Crippen LogP contribution in [0.5, 0.6) is 6.01 Å². The predicted molar refractivity (Wildman–Crippen MR) is 82.2 cm³/mol. The molecule has 0 aliphatic heterocycles. The molecule has 0 unspecified atom stereocenters. The van der Waals surface area contributed by atoms with Crippen LogP contribution in [-0.2, 0) is 0 Å². The summed E-state index contributed by atoms with van der Waals surface area (Å²) < 4.78 is 6.34. The third-order valence-electron chi connectivity index (χ3n) is 2.34. The molecule has 2 aromatic rings. The Balaban J connectivity index is 2.28. The minimum atomic E-state index is -0.0321. The van der Waals surface area contributed by atoms with Crippen LogP contribution < -0.4 is 15.8 Å². The van der Waals surface area contributed by atoms with Gasteiger partial charge in [0.25, 0.3) is 0 Å². The van der Waals surface area contributed by atoms with Crippen LogP contribution in [0, 0.1) is 6.92 Å². The number of nitrogens with zero attached hydrogens (tertiary/aromatic N) is 3. The fraction of sp³-hybridized carbons (Fsp3) is 0.308. The molecule has 0 fully saturated rings. The smallest absolute Gasteiger partial charge is 0.323 e. The number of aromatic nitrogens is 3. The third kappa shape index (κ3) is 3.80. The van der Waals surface area contributed by atoms with E-state index in [-0.39, 0.29) is 18.1 Å². The van der Waals surface area contributed by atoms with Crippen LogP contribution in [0.25, 0.3) is 0 Å². The molecule has 0 saturated heterocycles. The van der Waals surface area contributed by atoms with Gasteiger partial charge in [0.15, 0.2) is 0 Å². The van der Waals surface area contributed by atoms with Crippen LogP contribution in [0.2, 0.25) is 0 Å². The summed E-state index contributed by atoms with van der Waals surface area (Å²) in [6.07, 6.45) is -0.0321. The van der Waals surface area contributed by atoms with E-state index >= 15 is 0 Å². The zero-order chi connectivity index (χ0) is 14.7. The lowest BCUT2D eigenvalue weighted by Gasteiger charge is -2.11. The van der Waals surface area contributed by atoms with Crippen LogP contribution in [0.4, 0.5) is 17.6 Å². The molecule has 0 spiro atoms. The van der Waals surface area contributed by atoms with Gasteiger partial charge in [-0.15, -0.1) is 0 Å². The molecule has 106 valence electrons. The van der Waals surface area contributed by atoms with Crippen molar-refractivity contribution in [1.82, 2.24) is 15.0 Å². The molecule has 0 saturated carbocycles. The van der Waals surface area contributed by atoms with Crippen LogP contribution >= 0.6 is 15.9 Å². The van der Waals surface area contributed by atoms with Crippen LogP contribution in [0.3, 0.4) is 0 Å². The van der Waals surface area contributed by atoms with Gasteiger partial charge in [0.05, 0.1) is 11.8 Å². The lowest BCUT2D eigenvalue weighted by atomic mass is 10.2. The fourth-order valence-electron chi connectivity index (χ4n) is 1.55. The van der Waals surface area contributed by atoms with Gasteiger partial charge >= 0.3 is 6.01 Å². The fourth-order valence-corrected chi connectivity index (χ4v) is 1.89. The number of nitrogen functional groups attached to an aromatic ring is 1. The van der Waals surface area contributed by atoms with Gasteiger partial charge in [-0.2, -0.15) is 15.0 Å². The molecular weight excluding hydrogens is 322 g/mol. The largest absolute Gasteiger partial charge is 0.461 e. The summed E-state index contributed by atoms with van der Waals surface area (Å²) in [5, 5.41) is 3.10. The van der Waals surface area contributed by atoms with E-state index in [2.05, 4.69) is 36.2 Å². The highest BCUT2D eigenvalue weighted by atomic mass is 79.9. The van der Waals surface area contributed by atoms with Crippen molar-refractivity contribution in [2.75, 3.05) is 11.1 Å². The van der Waals surface area contributed by atoms with Gasteiger partial charge in [-0.3, -0.25) is 0 Å². The maximum absolute atomic E-state index is 5.66. The number of hydrogen-bond acceptors (Lipinski definition) is 6. The first-order chi connectivity index (χ1) is 9.44. The Labute approximate surface area is 125 Å². The first-order valence-electron chi connectivity index (χ1n) is 6.15. The molecule has 2 rings (SSSR count). The van der Waals surface area contributed by atoms with Crippen LogP contribution in [-0.4, -0.2) is 21.1 Å². The summed E-state index contributed by atoms with van der Waals surface area (Å²) in [6.45, 7) is 5.79. The summed E-state index contributed by atoms with van der Waals surface area (Å²) in [5.41, 5.74) is 7.64. The van der Waals surface area contributed by atoms with Crippen molar-refractivity contribution in [3.8, 4) is 6.01 Å². The van der Waals surface area contributed by atoms with Gasteiger partial charge in [0.1, 0.15) is 0 Å². The van der Waals surface area contributed by atoms with E-state index in [0.29, 0.717) is 5.95 Å². The zero-order valence-electron chi connectivity index (χ0n) is 11.5. The standard InChI is InChI=1S/C13H16BrN5O/c1-7(2)20-13-18-11(15)17-12(19-13)16-10-6-8(3)4-5-9(10)14/h4-7H,1-3H3,(H3,15,16,17,18,19). The van der Waals surface area contributed by atoms with Crippen molar-refractivity contribution in [1.29, 1.82) is 0 Å². The van der Waals surface area contributed by atoms with E-state index < -0.39 is 0 Å². The first-order valence-corrected chi connectivity index (χ1v) is 6.94. The second kappa shape index (κ2) is 6.04. The van der Waals surface area contributed by atoms with Crippen molar-refractivity contribution in [2.24, 2.45) is 0 Å². The minimum Gasteiger partial charge on any atom is -0.461 e. The molecule has 1 aromatic carbocycles. The van der Waals surface area contributed by atoms with E-state index in [1.165, 1.54) is 0 Å². The number of anilines is 3. The van der Waals surface area contributed by atoms with Crippen molar-refractivity contribution in [3.05, 3.63) is 28.2 Å². The Kier molecular flexibility index (Phi) is 4.39. The number of benzene rings is 1. The maximum atomic E-state index is 5.66.